The summed E-state index contributed by atoms with van der Waals surface area (Å²) >= 11 is 6.28. The van der Waals surface area contributed by atoms with Gasteiger partial charge in [-0.1, -0.05) is 84.9 Å². The van der Waals surface area contributed by atoms with Crippen LogP contribution in [-0.4, -0.2) is 9.97 Å². The molecule has 0 radical (unpaired) electrons. The number of fused-ring (bicyclic) bond motifs is 3. The molecule has 2 nitrogen and oxygen atoms in total. The molecule has 0 aliphatic heterocycles. The largest absolute Gasteiger partial charge is 0.223 e. The summed E-state index contributed by atoms with van der Waals surface area (Å²) in [7, 11) is 0. The Kier molecular flexibility index (Phi) is 3.84. The molecule has 0 saturated heterocycles. The molecule has 0 spiro atoms. The van der Waals surface area contributed by atoms with Gasteiger partial charge < -0.3 is 0 Å². The summed E-state index contributed by atoms with van der Waals surface area (Å²) in [5.41, 5.74) is 5.14. The molecular formula is C24H15ClN2. The lowest BCUT2D eigenvalue weighted by atomic mass is 9.99. The van der Waals surface area contributed by atoms with Gasteiger partial charge in [-0.25, -0.2) is 9.97 Å². The zero-order valence-electron chi connectivity index (χ0n) is 14.4. The number of hydrogen-bond donors (Lipinski definition) is 0. The number of halogens is 1. The number of hydrogen-bond acceptors (Lipinski definition) is 2. The van der Waals surface area contributed by atoms with E-state index in [1.807, 2.05) is 30.3 Å². The summed E-state index contributed by atoms with van der Waals surface area (Å²) in [6, 6.07) is 31.2. The van der Waals surface area contributed by atoms with Crippen LogP contribution in [0.25, 0.3) is 44.1 Å². The Morgan fingerprint density at radius 1 is 0.519 bits per heavy atom. The lowest BCUT2D eigenvalue weighted by Gasteiger charge is -2.10. The summed E-state index contributed by atoms with van der Waals surface area (Å²) in [6.45, 7) is 0. The van der Waals surface area contributed by atoms with Crippen molar-refractivity contribution in [2.45, 2.75) is 0 Å². The van der Waals surface area contributed by atoms with E-state index in [2.05, 4.69) is 70.6 Å². The van der Waals surface area contributed by atoms with Gasteiger partial charge in [-0.3, -0.25) is 0 Å². The Hall–Kier alpha value is -3.23. The minimum absolute atomic E-state index is 0.265. The molecule has 0 atom stereocenters. The van der Waals surface area contributed by atoms with E-state index < -0.39 is 0 Å². The Bertz CT molecular complexity index is 1260. The highest BCUT2D eigenvalue weighted by Gasteiger charge is 2.11. The van der Waals surface area contributed by atoms with Gasteiger partial charge in [0.15, 0.2) is 0 Å². The van der Waals surface area contributed by atoms with Gasteiger partial charge in [-0.15, -0.1) is 0 Å². The summed E-state index contributed by atoms with van der Waals surface area (Å²) < 4.78 is 0. The van der Waals surface area contributed by atoms with Crippen LogP contribution in [-0.2, 0) is 0 Å². The Labute approximate surface area is 162 Å². The van der Waals surface area contributed by atoms with Gasteiger partial charge in [-0.2, -0.15) is 0 Å². The Balaban J connectivity index is 1.70. The van der Waals surface area contributed by atoms with Crippen LogP contribution in [0.1, 0.15) is 0 Å². The van der Waals surface area contributed by atoms with Gasteiger partial charge >= 0.3 is 0 Å². The molecule has 0 fully saturated rings. The predicted molar refractivity (Wildman–Crippen MR) is 113 cm³/mol. The van der Waals surface area contributed by atoms with E-state index in [1.165, 1.54) is 11.1 Å². The topological polar surface area (TPSA) is 25.8 Å². The van der Waals surface area contributed by atoms with Gasteiger partial charge in [0.25, 0.3) is 0 Å². The average Bonchev–Trinajstić information content (AvgIpc) is 2.74. The summed E-state index contributed by atoms with van der Waals surface area (Å²) in [6.07, 6.45) is 0. The van der Waals surface area contributed by atoms with Gasteiger partial charge in [0.2, 0.25) is 5.28 Å². The first-order valence-electron chi connectivity index (χ1n) is 8.80. The van der Waals surface area contributed by atoms with E-state index in [4.69, 9.17) is 11.6 Å². The minimum atomic E-state index is 0.265. The molecule has 0 amide bonds. The molecule has 1 heterocycles. The molecule has 4 aromatic carbocycles. The molecule has 0 aliphatic rings. The predicted octanol–water partition coefficient (Wildman–Crippen LogP) is 6.77. The average molecular weight is 367 g/mol. The van der Waals surface area contributed by atoms with Crippen molar-refractivity contribution in [3.8, 4) is 22.4 Å². The molecule has 128 valence electrons. The smallest absolute Gasteiger partial charge is 0.217 e. The molecule has 3 heteroatoms. The maximum Gasteiger partial charge on any atom is 0.223 e. The molecule has 0 saturated carbocycles. The van der Waals surface area contributed by atoms with Crippen molar-refractivity contribution in [3.63, 3.8) is 0 Å². The van der Waals surface area contributed by atoms with E-state index in [0.29, 0.717) is 0 Å². The highest BCUT2D eigenvalue weighted by Crippen LogP contribution is 2.32. The highest BCUT2D eigenvalue weighted by atomic mass is 35.5. The molecule has 0 aliphatic carbocycles. The first-order valence-corrected chi connectivity index (χ1v) is 9.18. The SMILES string of the molecule is Clc1nc(-c2ccc(-c3ccccc3)cc2)c2ccc3ccccc3c2n1. The fourth-order valence-corrected chi connectivity index (χ4v) is 3.68. The van der Waals surface area contributed by atoms with E-state index in [1.54, 1.807) is 0 Å². The summed E-state index contributed by atoms with van der Waals surface area (Å²) in [5.74, 6) is 0. The maximum absolute atomic E-state index is 6.28. The van der Waals surface area contributed by atoms with Gasteiger partial charge in [0, 0.05) is 16.3 Å². The molecule has 1 aromatic heterocycles. The monoisotopic (exact) mass is 366 g/mol. The third kappa shape index (κ3) is 2.84. The summed E-state index contributed by atoms with van der Waals surface area (Å²) in [4.78, 5) is 9.04. The van der Waals surface area contributed by atoms with Crippen LogP contribution >= 0.6 is 11.6 Å². The van der Waals surface area contributed by atoms with E-state index in [9.17, 15) is 0 Å². The second-order valence-corrected chi connectivity index (χ2v) is 6.81. The van der Waals surface area contributed by atoms with Crippen molar-refractivity contribution in [2.24, 2.45) is 0 Å². The standard InChI is InChI=1S/C24H15ClN2/c25-24-26-22(19-12-10-17(11-13-19)16-6-2-1-3-7-16)21-15-14-18-8-4-5-9-20(18)23(21)27-24/h1-15H. The Morgan fingerprint density at radius 3 is 2.00 bits per heavy atom. The quantitative estimate of drug-likeness (QED) is 0.254. The third-order valence-corrected chi connectivity index (χ3v) is 5.00. The molecule has 0 unspecified atom stereocenters. The second-order valence-electron chi connectivity index (χ2n) is 6.47. The third-order valence-electron chi connectivity index (χ3n) is 4.83. The molecule has 0 bridgehead atoms. The maximum atomic E-state index is 6.28. The van der Waals surface area contributed by atoms with Crippen molar-refractivity contribution in [2.75, 3.05) is 0 Å². The van der Waals surface area contributed by atoms with Crippen LogP contribution in [0.4, 0.5) is 0 Å². The minimum Gasteiger partial charge on any atom is -0.217 e. The fraction of sp³-hybridized carbons (Fsp3) is 0. The molecule has 5 aromatic rings. The molecule has 5 rings (SSSR count). The normalized spacial score (nSPS) is 11.1. The fourth-order valence-electron chi connectivity index (χ4n) is 3.51. The molecule has 0 N–H and O–H groups in total. The summed E-state index contributed by atoms with van der Waals surface area (Å²) in [5, 5.41) is 3.50. The number of benzene rings is 4. The number of rotatable bonds is 2. The van der Waals surface area contributed by atoms with Crippen LogP contribution in [0.15, 0.2) is 91.0 Å². The highest BCUT2D eigenvalue weighted by molar-refractivity contribution is 6.29. The van der Waals surface area contributed by atoms with Crippen LogP contribution in [0, 0.1) is 0 Å². The van der Waals surface area contributed by atoms with Crippen molar-refractivity contribution in [1.82, 2.24) is 9.97 Å². The molecule has 27 heavy (non-hydrogen) atoms. The first kappa shape index (κ1) is 16.0. The van der Waals surface area contributed by atoms with Gasteiger partial charge in [-0.05, 0) is 34.2 Å². The van der Waals surface area contributed by atoms with E-state index >= 15 is 0 Å². The zero-order chi connectivity index (χ0) is 18.2. The van der Waals surface area contributed by atoms with E-state index in [-0.39, 0.29) is 5.28 Å². The van der Waals surface area contributed by atoms with Crippen LogP contribution in [0.3, 0.4) is 0 Å². The van der Waals surface area contributed by atoms with E-state index in [0.717, 1.165) is 32.9 Å². The lowest BCUT2D eigenvalue weighted by molar-refractivity contribution is 1.23. The zero-order valence-corrected chi connectivity index (χ0v) is 15.2. The number of nitrogens with zero attached hydrogens (tertiary/aromatic N) is 2. The van der Waals surface area contributed by atoms with Crippen LogP contribution in [0.2, 0.25) is 5.28 Å². The first-order chi connectivity index (χ1) is 13.3. The number of aromatic nitrogens is 2. The Morgan fingerprint density at radius 2 is 1.19 bits per heavy atom. The van der Waals surface area contributed by atoms with Gasteiger partial charge in [0.05, 0.1) is 11.2 Å². The van der Waals surface area contributed by atoms with Crippen LogP contribution < -0.4 is 0 Å². The lowest BCUT2D eigenvalue weighted by Crippen LogP contribution is -1.92. The van der Waals surface area contributed by atoms with Crippen molar-refractivity contribution in [3.05, 3.63) is 96.3 Å². The van der Waals surface area contributed by atoms with Gasteiger partial charge in [0.1, 0.15) is 0 Å². The van der Waals surface area contributed by atoms with Crippen molar-refractivity contribution in [1.29, 1.82) is 0 Å². The van der Waals surface area contributed by atoms with Crippen molar-refractivity contribution >= 4 is 33.3 Å². The second kappa shape index (κ2) is 6.49. The van der Waals surface area contributed by atoms with Crippen molar-refractivity contribution < 1.29 is 0 Å². The molecular weight excluding hydrogens is 352 g/mol. The van der Waals surface area contributed by atoms with Crippen LogP contribution in [0.5, 0.6) is 0 Å².